The normalized spacial score (nSPS) is 14.1. The van der Waals surface area contributed by atoms with Crippen LogP contribution in [0.5, 0.6) is 11.5 Å². The van der Waals surface area contributed by atoms with Gasteiger partial charge in [0.25, 0.3) is 0 Å². The highest BCUT2D eigenvalue weighted by Crippen LogP contribution is 2.32. The Balaban J connectivity index is 1.49. The number of fused-ring (bicyclic) bond motifs is 1. The van der Waals surface area contributed by atoms with Crippen LogP contribution in [0.15, 0.2) is 36.7 Å². The summed E-state index contributed by atoms with van der Waals surface area (Å²) in [5.41, 5.74) is 2.26. The van der Waals surface area contributed by atoms with Gasteiger partial charge in [0.2, 0.25) is 5.91 Å². The average Bonchev–Trinajstić information content (AvgIpc) is 3.30. The number of H-pyrrole nitrogens is 1. The van der Waals surface area contributed by atoms with Gasteiger partial charge in [0.05, 0.1) is 13.7 Å². The van der Waals surface area contributed by atoms with Crippen LogP contribution in [0.4, 0.5) is 4.39 Å². The fourth-order valence-corrected chi connectivity index (χ4v) is 3.56. The summed E-state index contributed by atoms with van der Waals surface area (Å²) in [7, 11) is 1.53. The van der Waals surface area contributed by atoms with Crippen molar-refractivity contribution < 1.29 is 18.7 Å². The minimum atomic E-state index is -0.355. The summed E-state index contributed by atoms with van der Waals surface area (Å²) in [4.78, 5) is 20.8. The highest BCUT2D eigenvalue weighted by atomic mass is 19.1. The first-order valence-corrected chi connectivity index (χ1v) is 9.33. The number of halogens is 1. The molecule has 4 rings (SSSR count). The third kappa shape index (κ3) is 3.65. The number of hydrogen-bond acceptors (Lipinski definition) is 4. The molecule has 3 heterocycles. The molecule has 1 N–H and O–H groups in total. The number of ether oxygens (including phenoxy) is 2. The van der Waals surface area contributed by atoms with Gasteiger partial charge in [-0.3, -0.25) is 4.79 Å². The van der Waals surface area contributed by atoms with Crippen LogP contribution < -0.4 is 9.47 Å². The number of likely N-dealkylation sites (tertiary alicyclic amines) is 1. The van der Waals surface area contributed by atoms with Crippen molar-refractivity contribution in [3.05, 3.63) is 53.6 Å². The summed E-state index contributed by atoms with van der Waals surface area (Å²) in [6.45, 7) is 1.55. The molecular weight excluding hydrogens is 361 g/mol. The molecule has 0 aliphatic carbocycles. The van der Waals surface area contributed by atoms with Crippen LogP contribution in [-0.2, 0) is 11.2 Å². The van der Waals surface area contributed by atoms with E-state index in [4.69, 9.17) is 9.47 Å². The zero-order valence-electron chi connectivity index (χ0n) is 15.7. The quantitative estimate of drug-likeness (QED) is 0.680. The van der Waals surface area contributed by atoms with Gasteiger partial charge in [0.15, 0.2) is 11.5 Å². The molecule has 1 aliphatic rings. The molecule has 1 saturated heterocycles. The number of nitrogens with zero attached hydrogens (tertiary/aromatic N) is 2. The number of pyridine rings is 1. The first kappa shape index (κ1) is 18.3. The maximum atomic E-state index is 14.7. The number of benzene rings is 1. The van der Waals surface area contributed by atoms with Crippen LogP contribution in [0.3, 0.4) is 0 Å². The Morgan fingerprint density at radius 3 is 2.96 bits per heavy atom. The standard InChI is InChI=1S/C21H22FN3O3/c1-27-18-11-14(10-15-13-24-21-16(15)4-2-6-23-21)17(22)12-19(18)28-9-8-25-7-3-5-20(25)26/h2,4,6,11-13H,3,5,7-10H2,1H3,(H,23,24). The summed E-state index contributed by atoms with van der Waals surface area (Å²) in [5.74, 6) is 0.606. The van der Waals surface area contributed by atoms with E-state index in [-0.39, 0.29) is 11.7 Å². The van der Waals surface area contributed by atoms with Crippen LogP contribution >= 0.6 is 0 Å². The number of hydrogen-bond donors (Lipinski definition) is 1. The van der Waals surface area contributed by atoms with Crippen molar-refractivity contribution in [3.8, 4) is 11.5 Å². The van der Waals surface area contributed by atoms with Crippen LogP contribution in [0, 0.1) is 5.82 Å². The third-order valence-corrected chi connectivity index (χ3v) is 5.04. The first-order chi connectivity index (χ1) is 13.7. The second-order valence-corrected chi connectivity index (χ2v) is 6.82. The number of methoxy groups -OCH3 is 1. The van der Waals surface area contributed by atoms with Gasteiger partial charge in [-0.05, 0) is 35.7 Å². The van der Waals surface area contributed by atoms with Crippen molar-refractivity contribution in [2.45, 2.75) is 19.3 Å². The van der Waals surface area contributed by atoms with Crippen molar-refractivity contribution in [1.29, 1.82) is 0 Å². The molecule has 146 valence electrons. The maximum absolute atomic E-state index is 14.7. The molecule has 0 spiro atoms. The Hall–Kier alpha value is -3.09. The molecular formula is C21H22FN3O3. The molecule has 0 radical (unpaired) electrons. The van der Waals surface area contributed by atoms with Gasteiger partial charge < -0.3 is 19.4 Å². The molecule has 3 aromatic rings. The van der Waals surface area contributed by atoms with Gasteiger partial charge in [0.1, 0.15) is 18.1 Å². The van der Waals surface area contributed by atoms with Crippen molar-refractivity contribution in [2.75, 3.05) is 26.8 Å². The number of carbonyl (C=O) groups is 1. The van der Waals surface area contributed by atoms with E-state index in [0.29, 0.717) is 43.1 Å². The van der Waals surface area contributed by atoms with E-state index in [1.807, 2.05) is 18.3 Å². The third-order valence-electron chi connectivity index (χ3n) is 5.04. The first-order valence-electron chi connectivity index (χ1n) is 9.33. The zero-order valence-corrected chi connectivity index (χ0v) is 15.7. The highest BCUT2D eigenvalue weighted by molar-refractivity contribution is 5.80. The fourth-order valence-electron chi connectivity index (χ4n) is 3.56. The minimum Gasteiger partial charge on any atom is -0.493 e. The SMILES string of the molecule is COc1cc(Cc2c[nH]c3ncccc23)c(F)cc1OCCN1CCCC1=O. The molecule has 1 amide bonds. The Kier molecular flexibility index (Phi) is 5.14. The summed E-state index contributed by atoms with van der Waals surface area (Å²) in [5, 5.41) is 0.969. The van der Waals surface area contributed by atoms with Gasteiger partial charge in [-0.15, -0.1) is 0 Å². The molecule has 0 saturated carbocycles. The van der Waals surface area contributed by atoms with Crippen LogP contribution in [-0.4, -0.2) is 47.6 Å². The Morgan fingerprint density at radius 1 is 1.29 bits per heavy atom. The fraction of sp³-hybridized carbons (Fsp3) is 0.333. The predicted molar refractivity (Wildman–Crippen MR) is 103 cm³/mol. The lowest BCUT2D eigenvalue weighted by Crippen LogP contribution is -2.29. The Labute approximate surface area is 162 Å². The molecule has 6 nitrogen and oxygen atoms in total. The highest BCUT2D eigenvalue weighted by Gasteiger charge is 2.20. The number of amides is 1. The minimum absolute atomic E-state index is 0.144. The van der Waals surface area contributed by atoms with E-state index < -0.39 is 0 Å². The van der Waals surface area contributed by atoms with Crippen LogP contribution in [0.2, 0.25) is 0 Å². The molecule has 2 aromatic heterocycles. The number of aromatic nitrogens is 2. The molecule has 0 bridgehead atoms. The lowest BCUT2D eigenvalue weighted by Gasteiger charge is -2.17. The van der Waals surface area contributed by atoms with E-state index in [1.54, 1.807) is 17.2 Å². The molecule has 1 fully saturated rings. The van der Waals surface area contributed by atoms with Crippen LogP contribution in [0.25, 0.3) is 11.0 Å². The van der Waals surface area contributed by atoms with Gasteiger partial charge in [-0.2, -0.15) is 0 Å². The second kappa shape index (κ2) is 7.88. The predicted octanol–water partition coefficient (Wildman–Crippen LogP) is 3.30. The second-order valence-electron chi connectivity index (χ2n) is 6.82. The summed E-state index contributed by atoms with van der Waals surface area (Å²) >= 11 is 0. The lowest BCUT2D eigenvalue weighted by atomic mass is 10.0. The van der Waals surface area contributed by atoms with Gasteiger partial charge in [-0.25, -0.2) is 9.37 Å². The Morgan fingerprint density at radius 2 is 2.18 bits per heavy atom. The summed E-state index contributed by atoms with van der Waals surface area (Å²) in [6, 6.07) is 6.84. The maximum Gasteiger partial charge on any atom is 0.222 e. The molecule has 0 unspecified atom stereocenters. The van der Waals surface area contributed by atoms with Crippen molar-refractivity contribution in [1.82, 2.24) is 14.9 Å². The van der Waals surface area contributed by atoms with E-state index in [0.717, 1.165) is 29.6 Å². The number of rotatable bonds is 7. The summed E-state index contributed by atoms with van der Waals surface area (Å²) < 4.78 is 25.8. The van der Waals surface area contributed by atoms with Gasteiger partial charge >= 0.3 is 0 Å². The molecule has 1 aromatic carbocycles. The number of nitrogens with one attached hydrogen (secondary N) is 1. The van der Waals surface area contributed by atoms with Crippen molar-refractivity contribution in [2.24, 2.45) is 0 Å². The van der Waals surface area contributed by atoms with E-state index >= 15 is 0 Å². The van der Waals surface area contributed by atoms with E-state index in [2.05, 4.69) is 9.97 Å². The van der Waals surface area contributed by atoms with Crippen molar-refractivity contribution >= 4 is 16.9 Å². The molecule has 7 heteroatoms. The number of aromatic amines is 1. The lowest BCUT2D eigenvalue weighted by molar-refractivity contribution is -0.128. The monoisotopic (exact) mass is 383 g/mol. The molecule has 0 atom stereocenters. The van der Waals surface area contributed by atoms with E-state index in [1.165, 1.54) is 13.2 Å². The van der Waals surface area contributed by atoms with Crippen molar-refractivity contribution in [3.63, 3.8) is 0 Å². The number of carbonyl (C=O) groups excluding carboxylic acids is 1. The average molecular weight is 383 g/mol. The largest absolute Gasteiger partial charge is 0.493 e. The molecule has 28 heavy (non-hydrogen) atoms. The van der Waals surface area contributed by atoms with E-state index in [9.17, 15) is 9.18 Å². The zero-order chi connectivity index (χ0) is 19.5. The van der Waals surface area contributed by atoms with Gasteiger partial charge in [-0.1, -0.05) is 0 Å². The topological polar surface area (TPSA) is 67.5 Å². The molecule has 1 aliphatic heterocycles. The summed E-state index contributed by atoms with van der Waals surface area (Å²) in [6.07, 6.45) is 5.45. The Bertz CT molecular complexity index is 1000. The van der Waals surface area contributed by atoms with Crippen LogP contribution in [0.1, 0.15) is 24.0 Å². The van der Waals surface area contributed by atoms with Gasteiger partial charge in [0, 0.05) is 43.2 Å². The smallest absolute Gasteiger partial charge is 0.222 e.